The van der Waals surface area contributed by atoms with Gasteiger partial charge in [-0.25, -0.2) is 0 Å². The Labute approximate surface area is 103 Å². The maximum absolute atomic E-state index is 11.9. The highest BCUT2D eigenvalue weighted by Crippen LogP contribution is 2.42. The first-order valence-electron chi connectivity index (χ1n) is 4.33. The van der Waals surface area contributed by atoms with Crippen LogP contribution in [-0.4, -0.2) is 34.1 Å². The van der Waals surface area contributed by atoms with Gasteiger partial charge in [0.1, 0.15) is 9.23 Å². The largest absolute Gasteiger partial charge is 0.341 e. The van der Waals surface area contributed by atoms with Crippen LogP contribution >= 0.6 is 35.7 Å². The highest BCUT2D eigenvalue weighted by Gasteiger charge is 2.34. The molecule has 6 heteroatoms. The van der Waals surface area contributed by atoms with E-state index in [-0.39, 0.29) is 5.91 Å². The van der Waals surface area contributed by atoms with E-state index in [1.165, 1.54) is 16.7 Å². The molecule has 2 aliphatic rings. The van der Waals surface area contributed by atoms with Crippen LogP contribution in [0.4, 0.5) is 0 Å². The molecule has 0 atom stereocenters. The van der Waals surface area contributed by atoms with E-state index in [9.17, 15) is 4.79 Å². The van der Waals surface area contributed by atoms with E-state index in [2.05, 4.69) is 0 Å². The quantitative estimate of drug-likeness (QED) is 0.489. The molecule has 80 valence electrons. The van der Waals surface area contributed by atoms with Crippen LogP contribution in [0.5, 0.6) is 0 Å². The number of hydrogen-bond acceptors (Lipinski definition) is 5. The molecule has 2 aliphatic heterocycles. The first-order valence-corrected chi connectivity index (χ1v) is 6.44. The second-order valence-corrected chi connectivity index (χ2v) is 5.80. The molecule has 0 aliphatic carbocycles. The van der Waals surface area contributed by atoms with Crippen LogP contribution in [0.3, 0.4) is 0 Å². The third-order valence-electron chi connectivity index (χ3n) is 2.33. The zero-order valence-electron chi connectivity index (χ0n) is 8.60. The number of thiocarbonyl (C=S) groups is 1. The van der Waals surface area contributed by atoms with E-state index in [1.807, 2.05) is 24.3 Å². The number of carbonyl (C=O) groups is 1. The third-order valence-corrected chi connectivity index (χ3v) is 5.17. The Bertz CT molecular complexity index is 414. The van der Waals surface area contributed by atoms with Crippen molar-refractivity contribution in [2.24, 2.45) is 0 Å². The highest BCUT2D eigenvalue weighted by atomic mass is 32.2. The molecule has 0 bridgehead atoms. The van der Waals surface area contributed by atoms with Crippen LogP contribution < -0.4 is 0 Å². The second kappa shape index (κ2) is 3.84. The Balaban J connectivity index is 2.37. The number of likely N-dealkylation sites (N-methyl/N-ethyl adjacent to an activating group) is 1. The van der Waals surface area contributed by atoms with Crippen molar-refractivity contribution in [3.63, 3.8) is 0 Å². The lowest BCUT2D eigenvalue weighted by molar-refractivity contribution is -0.121. The molecule has 2 heterocycles. The molecular formula is C9H10N2OS3. The van der Waals surface area contributed by atoms with Crippen molar-refractivity contribution >= 4 is 46.0 Å². The summed E-state index contributed by atoms with van der Waals surface area (Å²) in [5.41, 5.74) is 1.15. The van der Waals surface area contributed by atoms with Crippen molar-refractivity contribution in [3.05, 3.63) is 21.0 Å². The SMILES string of the molecule is CC1=CS/C(=C2\SC(=S)N(C)C2=O)N1C. The van der Waals surface area contributed by atoms with Gasteiger partial charge in [0.25, 0.3) is 5.91 Å². The van der Waals surface area contributed by atoms with Crippen LogP contribution in [0.15, 0.2) is 21.0 Å². The van der Waals surface area contributed by atoms with E-state index in [0.717, 1.165) is 15.6 Å². The second-order valence-electron chi connectivity index (χ2n) is 3.30. The molecular weight excluding hydrogens is 248 g/mol. The summed E-state index contributed by atoms with van der Waals surface area (Å²) in [6, 6.07) is 0. The average molecular weight is 258 g/mol. The molecule has 3 nitrogen and oxygen atoms in total. The lowest BCUT2D eigenvalue weighted by Crippen LogP contribution is -2.23. The summed E-state index contributed by atoms with van der Waals surface area (Å²) in [4.78, 5) is 16.1. The standard InChI is InChI=1S/C9H10N2OS3/c1-5-4-14-8(10(5)2)6-7(12)11(3)9(13)15-6/h4H,1-3H3/b8-6-. The van der Waals surface area contributed by atoms with Crippen molar-refractivity contribution in [3.8, 4) is 0 Å². The summed E-state index contributed by atoms with van der Waals surface area (Å²) in [5.74, 6) is 0.00227. The summed E-state index contributed by atoms with van der Waals surface area (Å²) in [7, 11) is 3.68. The summed E-state index contributed by atoms with van der Waals surface area (Å²) in [5, 5.41) is 3.02. The number of hydrogen-bond donors (Lipinski definition) is 0. The van der Waals surface area contributed by atoms with Crippen LogP contribution in [-0.2, 0) is 4.79 Å². The van der Waals surface area contributed by atoms with Gasteiger partial charge in [-0.15, -0.1) is 0 Å². The van der Waals surface area contributed by atoms with E-state index in [4.69, 9.17) is 12.2 Å². The Hall–Kier alpha value is -0.460. The summed E-state index contributed by atoms with van der Waals surface area (Å²) >= 11 is 8.04. The number of amides is 1. The number of carbonyl (C=O) groups excluding carboxylic acids is 1. The van der Waals surface area contributed by atoms with Crippen LogP contribution in [0.2, 0.25) is 0 Å². The maximum Gasteiger partial charge on any atom is 0.268 e. The summed E-state index contributed by atoms with van der Waals surface area (Å²) in [6.45, 7) is 2.02. The van der Waals surface area contributed by atoms with Gasteiger partial charge in [-0.1, -0.05) is 35.7 Å². The fourth-order valence-corrected chi connectivity index (χ4v) is 3.62. The molecule has 0 unspecified atom stereocenters. The van der Waals surface area contributed by atoms with Gasteiger partial charge >= 0.3 is 0 Å². The molecule has 0 aromatic carbocycles. The Morgan fingerprint density at radius 2 is 2.00 bits per heavy atom. The van der Waals surface area contributed by atoms with Crippen LogP contribution in [0.1, 0.15) is 6.92 Å². The molecule has 0 radical (unpaired) electrons. The van der Waals surface area contributed by atoms with Gasteiger partial charge in [-0.05, 0) is 12.3 Å². The molecule has 0 aromatic rings. The van der Waals surface area contributed by atoms with Gasteiger partial charge in [0.2, 0.25) is 0 Å². The summed E-state index contributed by atoms with van der Waals surface area (Å²) < 4.78 is 0.626. The van der Waals surface area contributed by atoms with Crippen molar-refractivity contribution in [2.45, 2.75) is 6.92 Å². The molecule has 0 aromatic heterocycles. The predicted molar refractivity (Wildman–Crippen MR) is 69.1 cm³/mol. The smallest absolute Gasteiger partial charge is 0.268 e. The first kappa shape index (κ1) is 11.0. The molecule has 0 spiro atoms. The van der Waals surface area contributed by atoms with Crippen molar-refractivity contribution in [1.29, 1.82) is 0 Å². The van der Waals surface area contributed by atoms with Crippen molar-refractivity contribution < 1.29 is 4.79 Å². The van der Waals surface area contributed by atoms with Crippen LogP contribution in [0.25, 0.3) is 0 Å². The Morgan fingerprint density at radius 1 is 1.33 bits per heavy atom. The fraction of sp³-hybridized carbons (Fsp3) is 0.333. The normalized spacial score (nSPS) is 26.7. The number of thioether (sulfide) groups is 2. The molecule has 1 amide bonds. The molecule has 0 N–H and O–H groups in total. The topological polar surface area (TPSA) is 23.6 Å². The molecule has 0 saturated carbocycles. The van der Waals surface area contributed by atoms with Crippen molar-refractivity contribution in [2.75, 3.05) is 14.1 Å². The zero-order chi connectivity index (χ0) is 11.2. The first-order chi connectivity index (χ1) is 7.02. The molecule has 1 saturated heterocycles. The minimum absolute atomic E-state index is 0.00227. The molecule has 15 heavy (non-hydrogen) atoms. The van der Waals surface area contributed by atoms with Gasteiger partial charge in [-0.2, -0.15) is 0 Å². The lowest BCUT2D eigenvalue weighted by Gasteiger charge is -2.15. The number of nitrogens with zero attached hydrogens (tertiary/aromatic N) is 2. The summed E-state index contributed by atoms with van der Waals surface area (Å²) in [6.07, 6.45) is 0. The third kappa shape index (κ3) is 1.70. The van der Waals surface area contributed by atoms with Crippen molar-refractivity contribution in [1.82, 2.24) is 9.80 Å². The van der Waals surface area contributed by atoms with Gasteiger partial charge in [-0.3, -0.25) is 9.69 Å². The average Bonchev–Trinajstić information content (AvgIpc) is 2.64. The minimum Gasteiger partial charge on any atom is -0.341 e. The monoisotopic (exact) mass is 258 g/mol. The van der Waals surface area contributed by atoms with E-state index >= 15 is 0 Å². The number of rotatable bonds is 0. The van der Waals surface area contributed by atoms with Gasteiger partial charge in [0.15, 0.2) is 0 Å². The maximum atomic E-state index is 11.9. The van der Waals surface area contributed by atoms with E-state index < -0.39 is 0 Å². The van der Waals surface area contributed by atoms with E-state index in [1.54, 1.807) is 18.8 Å². The number of allylic oxidation sites excluding steroid dienone is 1. The molecule has 1 fully saturated rings. The predicted octanol–water partition coefficient (Wildman–Crippen LogP) is 2.19. The molecule has 2 rings (SSSR count). The Kier molecular flexibility index (Phi) is 2.83. The fourth-order valence-electron chi connectivity index (χ4n) is 1.24. The minimum atomic E-state index is 0.00227. The zero-order valence-corrected chi connectivity index (χ0v) is 11.1. The van der Waals surface area contributed by atoms with Gasteiger partial charge in [0, 0.05) is 19.8 Å². The van der Waals surface area contributed by atoms with E-state index in [0.29, 0.717) is 4.32 Å². The highest BCUT2D eigenvalue weighted by molar-refractivity contribution is 8.27. The van der Waals surface area contributed by atoms with Gasteiger partial charge < -0.3 is 4.90 Å². The Morgan fingerprint density at radius 3 is 2.40 bits per heavy atom. The lowest BCUT2D eigenvalue weighted by atomic mass is 10.4. The van der Waals surface area contributed by atoms with Gasteiger partial charge in [0.05, 0.1) is 5.03 Å². The van der Waals surface area contributed by atoms with Crippen LogP contribution in [0, 0.1) is 0 Å².